The van der Waals surface area contributed by atoms with Crippen LogP contribution < -0.4 is 5.32 Å². The Labute approximate surface area is 151 Å². The first-order valence-electron chi connectivity index (χ1n) is 8.13. The second-order valence-corrected chi connectivity index (χ2v) is 8.47. The minimum absolute atomic E-state index is 0. The molecular formula is C20H30N4O. The quantitative estimate of drug-likeness (QED) is 0.716. The number of anilines is 1. The van der Waals surface area contributed by atoms with Crippen LogP contribution in [0.4, 0.5) is 11.6 Å². The van der Waals surface area contributed by atoms with Crippen molar-refractivity contribution in [2.75, 3.05) is 5.32 Å². The smallest absolute Gasteiger partial charge is 0.227 e. The molecule has 0 fully saturated rings. The first kappa shape index (κ1) is 20.7. The van der Waals surface area contributed by atoms with E-state index >= 15 is 0 Å². The number of aromatic nitrogens is 2. The maximum atomic E-state index is 12.4. The number of nitrogens with zero attached hydrogens (tertiary/aromatic N) is 3. The zero-order chi connectivity index (χ0) is 18.3. The second kappa shape index (κ2) is 6.87. The molecule has 1 aromatic carbocycles. The van der Waals surface area contributed by atoms with Crippen molar-refractivity contribution < 1.29 is 4.79 Å². The number of carbonyl (C=O) groups excluding carboxylic acids is 1. The molecule has 0 saturated carbocycles. The molecule has 1 N–H and O–H groups in total. The van der Waals surface area contributed by atoms with Crippen molar-refractivity contribution in [2.45, 2.75) is 67.9 Å². The van der Waals surface area contributed by atoms with Crippen molar-refractivity contribution in [1.82, 2.24) is 9.55 Å². The molecule has 0 atom stereocenters. The Morgan fingerprint density at radius 3 is 2.32 bits per heavy atom. The van der Waals surface area contributed by atoms with Gasteiger partial charge in [-0.25, -0.2) is 9.83 Å². The fourth-order valence-electron chi connectivity index (χ4n) is 2.75. The standard InChI is InChI=1S/C19H26N4O.CH4/c1-12-9-14-15(10-13(12)20-8)23(19(5,6)7)17(21-14)22-16(24)11-18(2,3)4;/h9-10H,11H2,1-7H3,(H,21,22,24);1H4. The molecule has 0 saturated heterocycles. The van der Waals surface area contributed by atoms with Crippen LogP contribution in [0, 0.1) is 18.9 Å². The van der Waals surface area contributed by atoms with Gasteiger partial charge < -0.3 is 4.57 Å². The summed E-state index contributed by atoms with van der Waals surface area (Å²) in [6, 6.07) is 3.76. The Balaban J connectivity index is 0.00000312. The Kier molecular flexibility index (Phi) is 5.69. The van der Waals surface area contributed by atoms with Crippen LogP contribution in [0.3, 0.4) is 0 Å². The monoisotopic (exact) mass is 342 g/mol. The Morgan fingerprint density at radius 1 is 1.24 bits per heavy atom. The molecule has 5 heteroatoms. The van der Waals surface area contributed by atoms with E-state index in [1.54, 1.807) is 0 Å². The van der Waals surface area contributed by atoms with E-state index in [2.05, 4.69) is 35.9 Å². The van der Waals surface area contributed by atoms with Crippen LogP contribution in [0.25, 0.3) is 15.9 Å². The highest BCUT2D eigenvalue weighted by Gasteiger charge is 2.24. The third-order valence-electron chi connectivity index (χ3n) is 3.71. The van der Waals surface area contributed by atoms with Crippen molar-refractivity contribution in [2.24, 2.45) is 5.41 Å². The highest BCUT2D eigenvalue weighted by molar-refractivity contribution is 5.93. The van der Waals surface area contributed by atoms with Crippen molar-refractivity contribution in [3.8, 4) is 0 Å². The molecular weight excluding hydrogens is 312 g/mol. The minimum Gasteiger partial charge on any atom is -0.306 e. The average molecular weight is 342 g/mol. The summed E-state index contributed by atoms with van der Waals surface area (Å²) in [7, 11) is 0. The molecule has 0 spiro atoms. The SMILES string of the molecule is C.[C-]#[N+]c1cc2c(cc1C)nc(NC(=O)CC(C)(C)C)n2C(C)(C)C. The summed E-state index contributed by atoms with van der Waals surface area (Å²) >= 11 is 0. The molecule has 1 amide bonds. The lowest BCUT2D eigenvalue weighted by atomic mass is 9.92. The van der Waals surface area contributed by atoms with Crippen LogP contribution in [-0.2, 0) is 10.3 Å². The van der Waals surface area contributed by atoms with Crippen molar-refractivity contribution in [3.63, 3.8) is 0 Å². The molecule has 1 heterocycles. The third-order valence-corrected chi connectivity index (χ3v) is 3.71. The number of benzene rings is 1. The van der Waals surface area contributed by atoms with Gasteiger partial charge in [-0.05, 0) is 50.8 Å². The van der Waals surface area contributed by atoms with Crippen molar-refractivity contribution in [1.29, 1.82) is 0 Å². The van der Waals surface area contributed by atoms with E-state index < -0.39 is 0 Å². The Bertz CT molecular complexity index is 826. The van der Waals surface area contributed by atoms with E-state index in [1.807, 2.05) is 44.4 Å². The first-order valence-corrected chi connectivity index (χ1v) is 8.13. The van der Waals surface area contributed by atoms with Gasteiger partial charge in [-0.1, -0.05) is 28.2 Å². The van der Waals surface area contributed by atoms with Crippen LogP contribution in [-0.4, -0.2) is 15.5 Å². The number of imidazole rings is 1. The highest BCUT2D eigenvalue weighted by atomic mass is 16.1. The molecule has 2 aromatic rings. The topological polar surface area (TPSA) is 51.3 Å². The van der Waals surface area contributed by atoms with Gasteiger partial charge in [0, 0.05) is 12.0 Å². The van der Waals surface area contributed by atoms with E-state index in [9.17, 15) is 4.79 Å². The Morgan fingerprint density at radius 2 is 1.84 bits per heavy atom. The molecule has 25 heavy (non-hydrogen) atoms. The predicted octanol–water partition coefficient (Wildman–Crippen LogP) is 5.66. The fraction of sp³-hybridized carbons (Fsp3) is 0.550. The van der Waals surface area contributed by atoms with Gasteiger partial charge in [0.25, 0.3) is 0 Å². The molecule has 0 unspecified atom stereocenters. The van der Waals surface area contributed by atoms with Crippen LogP contribution in [0.1, 0.15) is 61.0 Å². The lowest BCUT2D eigenvalue weighted by Crippen LogP contribution is -2.27. The number of amides is 1. The zero-order valence-corrected chi connectivity index (χ0v) is 15.6. The van der Waals surface area contributed by atoms with E-state index in [0.717, 1.165) is 16.6 Å². The Hall–Kier alpha value is -2.35. The predicted molar refractivity (Wildman–Crippen MR) is 105 cm³/mol. The van der Waals surface area contributed by atoms with Crippen LogP contribution >= 0.6 is 0 Å². The number of carbonyl (C=O) groups is 1. The maximum Gasteiger partial charge on any atom is 0.227 e. The van der Waals surface area contributed by atoms with E-state index in [0.29, 0.717) is 18.1 Å². The number of fused-ring (bicyclic) bond motifs is 1. The summed E-state index contributed by atoms with van der Waals surface area (Å²) in [6.45, 7) is 21.5. The van der Waals surface area contributed by atoms with Crippen molar-refractivity contribution in [3.05, 3.63) is 29.1 Å². The number of hydrogen-bond acceptors (Lipinski definition) is 2. The van der Waals surface area contributed by atoms with Crippen LogP contribution in [0.2, 0.25) is 0 Å². The molecule has 0 aliphatic heterocycles. The van der Waals surface area contributed by atoms with E-state index in [-0.39, 0.29) is 24.3 Å². The number of hydrogen-bond donors (Lipinski definition) is 1. The van der Waals surface area contributed by atoms with Gasteiger partial charge in [0.1, 0.15) is 0 Å². The molecule has 0 aliphatic carbocycles. The summed E-state index contributed by atoms with van der Waals surface area (Å²) in [5.41, 5.74) is 2.81. The van der Waals surface area contributed by atoms with Crippen LogP contribution in [0.5, 0.6) is 0 Å². The normalized spacial score (nSPS) is 11.8. The van der Waals surface area contributed by atoms with Gasteiger partial charge in [0.15, 0.2) is 5.69 Å². The summed E-state index contributed by atoms with van der Waals surface area (Å²) in [6.07, 6.45) is 0.423. The highest BCUT2D eigenvalue weighted by Crippen LogP contribution is 2.33. The summed E-state index contributed by atoms with van der Waals surface area (Å²) in [5.74, 6) is 0.485. The van der Waals surface area contributed by atoms with Gasteiger partial charge in [-0.15, -0.1) is 0 Å². The molecule has 0 bridgehead atoms. The second-order valence-electron chi connectivity index (χ2n) is 8.47. The van der Waals surface area contributed by atoms with E-state index in [1.165, 1.54) is 0 Å². The number of nitrogens with one attached hydrogen (secondary N) is 1. The number of aryl methyl sites for hydroxylation is 1. The zero-order valence-electron chi connectivity index (χ0n) is 15.6. The minimum atomic E-state index is -0.270. The van der Waals surface area contributed by atoms with Gasteiger partial charge in [-0.2, -0.15) is 0 Å². The summed E-state index contributed by atoms with van der Waals surface area (Å²) < 4.78 is 2.00. The lowest BCUT2D eigenvalue weighted by Gasteiger charge is -2.25. The average Bonchev–Trinajstić information content (AvgIpc) is 2.71. The molecule has 5 nitrogen and oxygen atoms in total. The lowest BCUT2D eigenvalue weighted by molar-refractivity contribution is -0.117. The first-order chi connectivity index (χ1) is 10.9. The fourth-order valence-corrected chi connectivity index (χ4v) is 2.75. The number of rotatable bonds is 2. The molecule has 136 valence electrons. The van der Waals surface area contributed by atoms with Gasteiger partial charge in [-0.3, -0.25) is 10.1 Å². The third kappa shape index (κ3) is 4.60. The summed E-state index contributed by atoms with van der Waals surface area (Å²) in [5, 5.41) is 2.96. The molecule has 0 radical (unpaired) electrons. The molecule has 1 aromatic heterocycles. The van der Waals surface area contributed by atoms with Gasteiger partial charge in [0.2, 0.25) is 11.9 Å². The molecule has 0 aliphatic rings. The van der Waals surface area contributed by atoms with Crippen molar-refractivity contribution >= 4 is 28.6 Å². The van der Waals surface area contributed by atoms with E-state index in [4.69, 9.17) is 6.57 Å². The van der Waals surface area contributed by atoms with Gasteiger partial charge >= 0.3 is 0 Å². The van der Waals surface area contributed by atoms with Crippen LogP contribution in [0.15, 0.2) is 12.1 Å². The summed E-state index contributed by atoms with van der Waals surface area (Å²) in [4.78, 5) is 20.6. The molecule has 2 rings (SSSR count). The largest absolute Gasteiger partial charge is 0.306 e. The van der Waals surface area contributed by atoms with Gasteiger partial charge in [0.05, 0.1) is 17.6 Å². The maximum absolute atomic E-state index is 12.4.